The van der Waals surface area contributed by atoms with E-state index < -0.39 is 5.79 Å². The van der Waals surface area contributed by atoms with E-state index in [1.807, 2.05) is 13.8 Å². The number of alkyl halides is 1. The summed E-state index contributed by atoms with van der Waals surface area (Å²) in [5, 5.41) is 8.82. The van der Waals surface area contributed by atoms with Crippen LogP contribution in [0.4, 0.5) is 0 Å². The summed E-state index contributed by atoms with van der Waals surface area (Å²) in [7, 11) is 0. The van der Waals surface area contributed by atoms with E-state index in [-0.39, 0.29) is 12.2 Å². The van der Waals surface area contributed by atoms with Gasteiger partial charge in [-0.1, -0.05) is 67.5 Å². The molecule has 1 rings (SSSR count). The molecule has 0 saturated carbocycles. The first-order valence-corrected chi connectivity index (χ1v) is 10.6. The van der Waals surface area contributed by atoms with E-state index in [1.165, 1.54) is 49.4 Å². The second kappa shape index (κ2) is 12.0. The van der Waals surface area contributed by atoms with Crippen LogP contribution in [-0.2, 0) is 9.47 Å². The van der Waals surface area contributed by atoms with Gasteiger partial charge in [0.25, 0.3) is 0 Å². The van der Waals surface area contributed by atoms with Crippen LogP contribution in [0.1, 0.15) is 84.5 Å². The Hall–Kier alpha value is 0.610. The first kappa shape index (κ1) is 20.7. The third-order valence-corrected chi connectivity index (χ3v) is 5.07. The first-order chi connectivity index (χ1) is 10.6. The molecule has 0 amide bonds. The van der Waals surface area contributed by atoms with Gasteiger partial charge in [0.15, 0.2) is 5.79 Å². The van der Waals surface area contributed by atoms with Crippen LogP contribution in [0.3, 0.4) is 0 Å². The van der Waals surface area contributed by atoms with Gasteiger partial charge in [0, 0.05) is 6.61 Å². The van der Waals surface area contributed by atoms with E-state index in [2.05, 4.69) is 22.6 Å². The molecule has 0 aliphatic carbocycles. The molecule has 0 aromatic carbocycles. The smallest absolute Gasteiger partial charge is 0.163 e. The van der Waals surface area contributed by atoms with E-state index >= 15 is 0 Å². The molecule has 0 bridgehead atoms. The predicted molar refractivity (Wildman–Crippen MR) is 101 cm³/mol. The number of rotatable bonds is 13. The Labute approximate surface area is 150 Å². The van der Waals surface area contributed by atoms with Gasteiger partial charge in [0.05, 0.1) is 12.2 Å². The van der Waals surface area contributed by atoms with Crippen molar-refractivity contribution in [3.05, 3.63) is 0 Å². The van der Waals surface area contributed by atoms with Crippen molar-refractivity contribution in [2.45, 2.75) is 102 Å². The molecule has 0 radical (unpaired) electrons. The lowest BCUT2D eigenvalue weighted by molar-refractivity contribution is -0.147. The summed E-state index contributed by atoms with van der Waals surface area (Å²) < 4.78 is 13.5. The Morgan fingerprint density at radius 1 is 0.773 bits per heavy atom. The number of halogens is 1. The minimum absolute atomic E-state index is 0.262. The molecule has 1 aliphatic rings. The molecule has 0 spiro atoms. The maximum atomic E-state index is 8.82. The standard InChI is InChI=1S/C18H35IO3/c1-18(2)21-16(12-8-4-3-6-10-14-19)17(22-18)13-9-5-7-11-15-20/h16-17,20H,3-15H2,1-2H3/t16-,17-/m0/s1. The maximum Gasteiger partial charge on any atom is 0.163 e. The molecule has 0 unspecified atom stereocenters. The second-order valence-corrected chi connectivity index (χ2v) is 7.96. The predicted octanol–water partition coefficient (Wildman–Crippen LogP) is 5.22. The van der Waals surface area contributed by atoms with Crippen molar-refractivity contribution < 1.29 is 14.6 Å². The molecule has 1 heterocycles. The third-order valence-electron chi connectivity index (χ3n) is 4.30. The molecular formula is C18H35IO3. The number of aliphatic hydroxyl groups excluding tert-OH is 1. The lowest BCUT2D eigenvalue weighted by atomic mass is 10.0. The van der Waals surface area contributed by atoms with E-state index in [4.69, 9.17) is 14.6 Å². The van der Waals surface area contributed by atoms with Crippen LogP contribution in [-0.4, -0.2) is 34.1 Å². The van der Waals surface area contributed by atoms with Gasteiger partial charge >= 0.3 is 0 Å². The average molecular weight is 426 g/mol. The zero-order chi connectivity index (χ0) is 16.3. The van der Waals surface area contributed by atoms with Gasteiger partial charge in [-0.25, -0.2) is 0 Å². The highest BCUT2D eigenvalue weighted by molar-refractivity contribution is 14.1. The summed E-state index contributed by atoms with van der Waals surface area (Å²) in [6.45, 7) is 4.38. The number of ether oxygens (including phenoxy) is 2. The van der Waals surface area contributed by atoms with E-state index in [9.17, 15) is 0 Å². The molecular weight excluding hydrogens is 391 g/mol. The van der Waals surface area contributed by atoms with E-state index in [1.54, 1.807) is 0 Å². The van der Waals surface area contributed by atoms with Crippen LogP contribution in [0.15, 0.2) is 0 Å². The molecule has 0 aromatic rings. The minimum Gasteiger partial charge on any atom is -0.396 e. The molecule has 3 nitrogen and oxygen atoms in total. The third kappa shape index (κ3) is 9.04. The molecule has 22 heavy (non-hydrogen) atoms. The highest BCUT2D eigenvalue weighted by atomic mass is 127. The summed E-state index contributed by atoms with van der Waals surface area (Å²) in [5.41, 5.74) is 0. The number of unbranched alkanes of at least 4 members (excludes halogenated alkanes) is 7. The maximum absolute atomic E-state index is 8.82. The van der Waals surface area contributed by atoms with E-state index in [0.29, 0.717) is 6.61 Å². The highest BCUT2D eigenvalue weighted by Gasteiger charge is 2.40. The zero-order valence-corrected chi connectivity index (χ0v) is 16.6. The van der Waals surface area contributed by atoms with Crippen molar-refractivity contribution >= 4 is 22.6 Å². The minimum atomic E-state index is -0.415. The van der Waals surface area contributed by atoms with Gasteiger partial charge in [0.2, 0.25) is 0 Å². The van der Waals surface area contributed by atoms with Gasteiger partial charge in [-0.15, -0.1) is 0 Å². The lowest BCUT2D eigenvalue weighted by Crippen LogP contribution is -2.22. The Morgan fingerprint density at radius 3 is 1.73 bits per heavy atom. The molecule has 1 aliphatic heterocycles. The van der Waals surface area contributed by atoms with Gasteiger partial charge in [0.1, 0.15) is 0 Å². The van der Waals surface area contributed by atoms with Crippen molar-refractivity contribution in [3.63, 3.8) is 0 Å². The summed E-state index contributed by atoms with van der Waals surface area (Å²) in [4.78, 5) is 0. The fraction of sp³-hybridized carbons (Fsp3) is 1.00. The zero-order valence-electron chi connectivity index (χ0n) is 14.5. The molecule has 1 N–H and O–H groups in total. The van der Waals surface area contributed by atoms with Crippen LogP contribution in [0.25, 0.3) is 0 Å². The Bertz CT molecular complexity index is 271. The molecule has 1 fully saturated rings. The molecule has 0 aromatic heterocycles. The summed E-state index contributed by atoms with van der Waals surface area (Å²) in [6.07, 6.45) is 13.8. The summed E-state index contributed by atoms with van der Waals surface area (Å²) >= 11 is 2.46. The van der Waals surface area contributed by atoms with Gasteiger partial charge in [-0.2, -0.15) is 0 Å². The fourth-order valence-corrected chi connectivity index (χ4v) is 3.72. The van der Waals surface area contributed by atoms with Crippen molar-refractivity contribution in [3.8, 4) is 0 Å². The molecule has 132 valence electrons. The monoisotopic (exact) mass is 426 g/mol. The van der Waals surface area contributed by atoms with Gasteiger partial charge < -0.3 is 14.6 Å². The van der Waals surface area contributed by atoms with E-state index in [0.717, 1.165) is 25.7 Å². The average Bonchev–Trinajstić information content (AvgIpc) is 2.77. The highest BCUT2D eigenvalue weighted by Crippen LogP contribution is 2.33. The summed E-state index contributed by atoms with van der Waals surface area (Å²) in [6, 6.07) is 0. The topological polar surface area (TPSA) is 38.7 Å². The second-order valence-electron chi connectivity index (χ2n) is 6.88. The van der Waals surface area contributed by atoms with Crippen molar-refractivity contribution in [2.24, 2.45) is 0 Å². The van der Waals surface area contributed by atoms with Crippen LogP contribution in [0, 0.1) is 0 Å². The summed E-state index contributed by atoms with van der Waals surface area (Å²) in [5.74, 6) is -0.415. The van der Waals surface area contributed by atoms with Gasteiger partial charge in [-0.05, 0) is 44.0 Å². The van der Waals surface area contributed by atoms with Crippen molar-refractivity contribution in [1.29, 1.82) is 0 Å². The fourth-order valence-electron chi connectivity index (χ4n) is 3.18. The van der Waals surface area contributed by atoms with Crippen molar-refractivity contribution in [1.82, 2.24) is 0 Å². The molecule has 2 atom stereocenters. The molecule has 1 saturated heterocycles. The Kier molecular flexibility index (Phi) is 11.3. The molecule has 4 heteroatoms. The number of hydrogen-bond donors (Lipinski definition) is 1. The van der Waals surface area contributed by atoms with Crippen LogP contribution < -0.4 is 0 Å². The normalized spacial score (nSPS) is 24.0. The van der Waals surface area contributed by atoms with Crippen LogP contribution in [0.2, 0.25) is 0 Å². The van der Waals surface area contributed by atoms with Crippen molar-refractivity contribution in [2.75, 3.05) is 11.0 Å². The van der Waals surface area contributed by atoms with Crippen LogP contribution in [0.5, 0.6) is 0 Å². The first-order valence-electron chi connectivity index (χ1n) is 9.11. The lowest BCUT2D eigenvalue weighted by Gasteiger charge is -2.16. The number of hydrogen-bond acceptors (Lipinski definition) is 3. The van der Waals surface area contributed by atoms with Crippen LogP contribution >= 0.6 is 22.6 Å². The SMILES string of the molecule is CC1(C)O[C@@H](CCCCCCO)[C@H](CCCCCCCI)O1. The number of aliphatic hydroxyl groups is 1. The quantitative estimate of drug-likeness (QED) is 0.249. The van der Waals surface area contributed by atoms with Gasteiger partial charge in [-0.3, -0.25) is 0 Å². The Balaban J connectivity index is 2.19. The largest absolute Gasteiger partial charge is 0.396 e. The Morgan fingerprint density at radius 2 is 1.23 bits per heavy atom.